The lowest BCUT2D eigenvalue weighted by atomic mass is 9.84. The Balaban J connectivity index is 2.40. The normalized spacial score (nSPS) is 19.0. The van der Waals surface area contributed by atoms with E-state index in [0.29, 0.717) is 0 Å². The SMILES string of the molecule is COC(=O)CN(C=NC#N)C1c2ccccc2CC1(C)C. The molecular weight excluding hydrogens is 266 g/mol. The van der Waals surface area contributed by atoms with E-state index in [-0.39, 0.29) is 24.0 Å². The van der Waals surface area contributed by atoms with Crippen molar-refractivity contribution >= 4 is 12.3 Å². The molecule has 1 aliphatic rings. The average molecular weight is 285 g/mol. The molecule has 2 rings (SSSR count). The molecule has 1 aliphatic carbocycles. The molecule has 0 amide bonds. The van der Waals surface area contributed by atoms with Crippen molar-refractivity contribution in [3.05, 3.63) is 35.4 Å². The van der Waals surface area contributed by atoms with Gasteiger partial charge < -0.3 is 9.64 Å². The van der Waals surface area contributed by atoms with Crippen LogP contribution >= 0.6 is 0 Å². The first-order valence-corrected chi connectivity index (χ1v) is 6.82. The molecular formula is C16H19N3O2. The first kappa shape index (κ1) is 15.0. The van der Waals surface area contributed by atoms with Crippen LogP contribution in [-0.2, 0) is 16.0 Å². The molecule has 0 N–H and O–H groups in total. The number of rotatable bonds is 4. The first-order chi connectivity index (χ1) is 9.99. The fourth-order valence-corrected chi connectivity index (χ4v) is 3.11. The summed E-state index contributed by atoms with van der Waals surface area (Å²) in [6.45, 7) is 4.38. The van der Waals surface area contributed by atoms with Crippen molar-refractivity contribution < 1.29 is 9.53 Å². The van der Waals surface area contributed by atoms with Crippen molar-refractivity contribution in [3.63, 3.8) is 0 Å². The van der Waals surface area contributed by atoms with E-state index < -0.39 is 0 Å². The summed E-state index contributed by atoms with van der Waals surface area (Å²) in [5.74, 6) is -0.348. The predicted molar refractivity (Wildman–Crippen MR) is 79.5 cm³/mol. The topological polar surface area (TPSA) is 65.7 Å². The van der Waals surface area contributed by atoms with Gasteiger partial charge in [-0.3, -0.25) is 4.79 Å². The van der Waals surface area contributed by atoms with E-state index in [0.717, 1.165) is 6.42 Å². The molecule has 0 aliphatic heterocycles. The van der Waals surface area contributed by atoms with Gasteiger partial charge in [-0.1, -0.05) is 38.1 Å². The summed E-state index contributed by atoms with van der Waals surface area (Å²) in [5, 5.41) is 8.68. The molecule has 0 fully saturated rings. The molecule has 5 nitrogen and oxygen atoms in total. The number of nitriles is 1. The fourth-order valence-electron chi connectivity index (χ4n) is 3.11. The summed E-state index contributed by atoms with van der Waals surface area (Å²) in [5.41, 5.74) is 2.39. The minimum Gasteiger partial charge on any atom is -0.468 e. The standard InChI is InChI=1S/C16H19N3O2/c1-16(2)8-12-6-4-5-7-13(12)15(16)19(11-18-10-17)9-14(20)21-3/h4-7,11,15H,8-9H2,1-3H3. The largest absolute Gasteiger partial charge is 0.468 e. The minimum atomic E-state index is -0.348. The summed E-state index contributed by atoms with van der Waals surface area (Å²) in [6.07, 6.45) is 4.10. The van der Waals surface area contributed by atoms with Crippen LogP contribution in [0.1, 0.15) is 31.0 Å². The van der Waals surface area contributed by atoms with Crippen LogP contribution in [0, 0.1) is 16.9 Å². The number of nitrogens with zero attached hydrogens (tertiary/aromatic N) is 3. The lowest BCUT2D eigenvalue weighted by Gasteiger charge is -2.36. The molecule has 0 saturated carbocycles. The number of ether oxygens (including phenoxy) is 1. The third-order valence-corrected chi connectivity index (χ3v) is 3.87. The molecule has 0 spiro atoms. The van der Waals surface area contributed by atoms with Crippen LogP contribution in [0.15, 0.2) is 29.3 Å². The zero-order valence-corrected chi connectivity index (χ0v) is 12.5. The molecule has 21 heavy (non-hydrogen) atoms. The van der Waals surface area contributed by atoms with Gasteiger partial charge in [0, 0.05) is 0 Å². The summed E-state index contributed by atoms with van der Waals surface area (Å²) >= 11 is 0. The monoisotopic (exact) mass is 285 g/mol. The molecule has 1 unspecified atom stereocenters. The summed E-state index contributed by atoms with van der Waals surface area (Å²) in [4.78, 5) is 17.1. The van der Waals surface area contributed by atoms with Crippen molar-refractivity contribution in [2.24, 2.45) is 10.4 Å². The number of aliphatic imine (C=N–C) groups is 1. The number of carbonyl (C=O) groups excluding carboxylic acids is 1. The zero-order valence-electron chi connectivity index (χ0n) is 12.5. The average Bonchev–Trinajstić information content (AvgIpc) is 2.73. The predicted octanol–water partition coefficient (Wildman–Crippen LogP) is 2.29. The second-order valence-corrected chi connectivity index (χ2v) is 5.86. The highest BCUT2D eigenvalue weighted by Gasteiger charge is 2.42. The van der Waals surface area contributed by atoms with Crippen LogP contribution in [0.5, 0.6) is 0 Å². The third-order valence-electron chi connectivity index (χ3n) is 3.87. The number of hydrogen-bond donors (Lipinski definition) is 0. The van der Waals surface area contributed by atoms with Crippen molar-refractivity contribution in [3.8, 4) is 6.19 Å². The van der Waals surface area contributed by atoms with Crippen LogP contribution in [0.4, 0.5) is 0 Å². The molecule has 0 bridgehead atoms. The van der Waals surface area contributed by atoms with Crippen molar-refractivity contribution in [2.75, 3.05) is 13.7 Å². The maximum Gasteiger partial charge on any atom is 0.325 e. The third kappa shape index (κ3) is 3.05. The van der Waals surface area contributed by atoms with E-state index in [1.54, 1.807) is 11.1 Å². The van der Waals surface area contributed by atoms with Crippen molar-refractivity contribution in [1.29, 1.82) is 5.26 Å². The van der Waals surface area contributed by atoms with Crippen molar-refractivity contribution in [2.45, 2.75) is 26.3 Å². The van der Waals surface area contributed by atoms with Crippen LogP contribution in [0.3, 0.4) is 0 Å². The number of esters is 1. The van der Waals surface area contributed by atoms with Gasteiger partial charge in [-0.15, -0.1) is 0 Å². The highest BCUT2D eigenvalue weighted by atomic mass is 16.5. The van der Waals surface area contributed by atoms with E-state index in [9.17, 15) is 4.79 Å². The molecule has 110 valence electrons. The van der Waals surface area contributed by atoms with Crippen LogP contribution in [0.25, 0.3) is 0 Å². The quantitative estimate of drug-likeness (QED) is 0.368. The summed E-state index contributed by atoms with van der Waals surface area (Å²) in [7, 11) is 1.36. The second kappa shape index (κ2) is 5.96. The lowest BCUT2D eigenvalue weighted by molar-refractivity contribution is -0.141. The van der Waals surface area contributed by atoms with Gasteiger partial charge in [0.2, 0.25) is 6.19 Å². The molecule has 1 aromatic rings. The number of fused-ring (bicyclic) bond motifs is 1. The Hall–Kier alpha value is -2.35. The number of hydrogen-bond acceptors (Lipinski definition) is 4. The van der Waals surface area contributed by atoms with Gasteiger partial charge in [-0.2, -0.15) is 10.3 Å². The summed E-state index contributed by atoms with van der Waals surface area (Å²) in [6, 6.07) is 8.18. The molecule has 1 atom stereocenters. The highest BCUT2D eigenvalue weighted by molar-refractivity contribution is 5.75. The summed E-state index contributed by atoms with van der Waals surface area (Å²) < 4.78 is 4.75. The van der Waals surface area contributed by atoms with Gasteiger partial charge in [0.05, 0.1) is 13.2 Å². The molecule has 0 radical (unpaired) electrons. The van der Waals surface area contributed by atoms with Crippen LogP contribution in [-0.4, -0.2) is 30.9 Å². The fraction of sp³-hybridized carbons (Fsp3) is 0.438. The smallest absolute Gasteiger partial charge is 0.325 e. The van der Waals surface area contributed by atoms with Gasteiger partial charge in [0.15, 0.2) is 0 Å². The second-order valence-electron chi connectivity index (χ2n) is 5.86. The Labute approximate surface area is 124 Å². The number of carbonyl (C=O) groups is 1. The number of benzene rings is 1. The maximum atomic E-state index is 11.7. The Morgan fingerprint density at radius 1 is 1.57 bits per heavy atom. The van der Waals surface area contributed by atoms with Gasteiger partial charge in [-0.05, 0) is 23.0 Å². The first-order valence-electron chi connectivity index (χ1n) is 6.82. The van der Waals surface area contributed by atoms with E-state index in [1.165, 1.54) is 24.6 Å². The maximum absolute atomic E-state index is 11.7. The Morgan fingerprint density at radius 2 is 2.29 bits per heavy atom. The van der Waals surface area contributed by atoms with Crippen molar-refractivity contribution in [1.82, 2.24) is 4.90 Å². The Morgan fingerprint density at radius 3 is 2.95 bits per heavy atom. The van der Waals surface area contributed by atoms with E-state index in [2.05, 4.69) is 31.0 Å². The van der Waals surface area contributed by atoms with Gasteiger partial charge in [0.25, 0.3) is 0 Å². The zero-order chi connectivity index (χ0) is 15.5. The van der Waals surface area contributed by atoms with Crippen LogP contribution < -0.4 is 0 Å². The number of methoxy groups -OCH3 is 1. The van der Waals surface area contributed by atoms with E-state index >= 15 is 0 Å². The molecule has 0 aromatic heterocycles. The lowest BCUT2D eigenvalue weighted by Crippen LogP contribution is -2.38. The van der Waals surface area contributed by atoms with Gasteiger partial charge in [-0.25, -0.2) is 0 Å². The van der Waals surface area contributed by atoms with Gasteiger partial charge in [0.1, 0.15) is 12.9 Å². The highest BCUT2D eigenvalue weighted by Crippen LogP contribution is 2.48. The van der Waals surface area contributed by atoms with E-state index in [4.69, 9.17) is 10.00 Å². The Bertz CT molecular complexity index is 602. The minimum absolute atomic E-state index is 0.00935. The molecule has 1 aromatic carbocycles. The molecule has 5 heteroatoms. The molecule has 0 saturated heterocycles. The van der Waals surface area contributed by atoms with Gasteiger partial charge >= 0.3 is 5.97 Å². The van der Waals surface area contributed by atoms with E-state index in [1.807, 2.05) is 12.1 Å². The Kier molecular flexibility index (Phi) is 4.27. The van der Waals surface area contributed by atoms with Crippen LogP contribution in [0.2, 0.25) is 0 Å². The molecule has 0 heterocycles.